The summed E-state index contributed by atoms with van der Waals surface area (Å²) < 4.78 is 11.7. The third kappa shape index (κ3) is 3.41. The van der Waals surface area contributed by atoms with E-state index >= 15 is 0 Å². The summed E-state index contributed by atoms with van der Waals surface area (Å²) >= 11 is 0. The summed E-state index contributed by atoms with van der Waals surface area (Å²) in [4.78, 5) is 0. The van der Waals surface area contributed by atoms with E-state index in [1.54, 1.807) is 0 Å². The van der Waals surface area contributed by atoms with Crippen LogP contribution >= 0.6 is 0 Å². The molecule has 0 bridgehead atoms. The molecular weight excluding hydrogens is 262 g/mol. The van der Waals surface area contributed by atoms with Gasteiger partial charge in [0.05, 0.1) is 6.10 Å². The first kappa shape index (κ1) is 14.9. The molecule has 1 fully saturated rings. The SMILES string of the molecule is CNC1CCCc2cc(OC3CCCC(OC)C3)ccc21. The smallest absolute Gasteiger partial charge is 0.120 e. The quantitative estimate of drug-likeness (QED) is 0.918. The number of methoxy groups -OCH3 is 1. The van der Waals surface area contributed by atoms with Gasteiger partial charge in [-0.1, -0.05) is 6.07 Å². The van der Waals surface area contributed by atoms with E-state index in [1.807, 2.05) is 7.11 Å². The van der Waals surface area contributed by atoms with Gasteiger partial charge in [0.1, 0.15) is 11.9 Å². The molecule has 1 aromatic rings. The highest BCUT2D eigenvalue weighted by Crippen LogP contribution is 2.33. The molecule has 3 nitrogen and oxygen atoms in total. The van der Waals surface area contributed by atoms with Crippen LogP contribution in [0.1, 0.15) is 55.7 Å². The summed E-state index contributed by atoms with van der Waals surface area (Å²) in [6.45, 7) is 0. The lowest BCUT2D eigenvalue weighted by Gasteiger charge is -2.30. The van der Waals surface area contributed by atoms with Crippen LogP contribution in [0, 0.1) is 0 Å². The number of benzene rings is 1. The minimum Gasteiger partial charge on any atom is -0.490 e. The Balaban J connectivity index is 1.69. The van der Waals surface area contributed by atoms with Gasteiger partial charge in [-0.2, -0.15) is 0 Å². The predicted molar refractivity (Wildman–Crippen MR) is 84.9 cm³/mol. The van der Waals surface area contributed by atoms with Gasteiger partial charge in [0.2, 0.25) is 0 Å². The molecule has 116 valence electrons. The number of fused-ring (bicyclic) bond motifs is 1. The van der Waals surface area contributed by atoms with Crippen LogP contribution < -0.4 is 10.1 Å². The molecule has 0 heterocycles. The average molecular weight is 289 g/mol. The minimum atomic E-state index is 0.311. The van der Waals surface area contributed by atoms with Crippen LogP contribution in [0.5, 0.6) is 5.75 Å². The van der Waals surface area contributed by atoms with Crippen LogP contribution in [0.25, 0.3) is 0 Å². The van der Waals surface area contributed by atoms with Crippen molar-refractivity contribution in [3.63, 3.8) is 0 Å². The largest absolute Gasteiger partial charge is 0.490 e. The topological polar surface area (TPSA) is 30.5 Å². The zero-order valence-electron chi connectivity index (χ0n) is 13.2. The minimum absolute atomic E-state index is 0.311. The molecule has 3 rings (SSSR count). The standard InChI is InChI=1S/C18H27NO2/c1-19-18-8-3-5-13-11-16(9-10-17(13)18)21-15-7-4-6-14(12-15)20-2/h9-11,14-15,18-19H,3-8,12H2,1-2H3. The maximum Gasteiger partial charge on any atom is 0.120 e. The first-order valence-corrected chi connectivity index (χ1v) is 8.29. The van der Waals surface area contributed by atoms with E-state index in [0.29, 0.717) is 18.2 Å². The molecule has 2 aliphatic carbocycles. The number of nitrogens with one attached hydrogen (secondary N) is 1. The van der Waals surface area contributed by atoms with E-state index < -0.39 is 0 Å². The van der Waals surface area contributed by atoms with Crippen molar-refractivity contribution in [2.45, 2.75) is 63.2 Å². The molecule has 0 amide bonds. The van der Waals surface area contributed by atoms with Crippen molar-refractivity contribution in [3.8, 4) is 5.75 Å². The maximum atomic E-state index is 6.22. The van der Waals surface area contributed by atoms with Crippen LogP contribution in [0.4, 0.5) is 0 Å². The van der Waals surface area contributed by atoms with Crippen LogP contribution in [0.2, 0.25) is 0 Å². The summed E-state index contributed by atoms with van der Waals surface area (Å²) in [7, 11) is 3.86. The third-order valence-corrected chi connectivity index (χ3v) is 4.99. The summed E-state index contributed by atoms with van der Waals surface area (Å²) in [6.07, 6.45) is 8.90. The molecule has 3 unspecified atom stereocenters. The van der Waals surface area contributed by atoms with Gasteiger partial charge in [0.25, 0.3) is 0 Å². The molecule has 3 heteroatoms. The Morgan fingerprint density at radius 3 is 2.76 bits per heavy atom. The van der Waals surface area contributed by atoms with Crippen molar-refractivity contribution in [3.05, 3.63) is 29.3 Å². The van der Waals surface area contributed by atoms with Crippen molar-refractivity contribution >= 4 is 0 Å². The molecule has 2 aliphatic rings. The first-order chi connectivity index (χ1) is 10.3. The van der Waals surface area contributed by atoms with Gasteiger partial charge in [-0.25, -0.2) is 0 Å². The zero-order chi connectivity index (χ0) is 14.7. The highest BCUT2D eigenvalue weighted by Gasteiger charge is 2.24. The average Bonchev–Trinajstić information content (AvgIpc) is 2.54. The molecule has 3 atom stereocenters. The fourth-order valence-corrected chi connectivity index (χ4v) is 3.78. The third-order valence-electron chi connectivity index (χ3n) is 4.99. The van der Waals surface area contributed by atoms with E-state index in [4.69, 9.17) is 9.47 Å². The second-order valence-corrected chi connectivity index (χ2v) is 6.36. The Bertz CT molecular complexity index is 474. The molecular formula is C18H27NO2. The fourth-order valence-electron chi connectivity index (χ4n) is 3.78. The van der Waals surface area contributed by atoms with E-state index in [-0.39, 0.29) is 0 Å². The number of rotatable bonds is 4. The molecule has 1 aromatic carbocycles. The second kappa shape index (κ2) is 6.80. The van der Waals surface area contributed by atoms with Gasteiger partial charge in [0.15, 0.2) is 0 Å². The number of hydrogen-bond donors (Lipinski definition) is 1. The van der Waals surface area contributed by atoms with Crippen LogP contribution in [-0.4, -0.2) is 26.4 Å². The lowest BCUT2D eigenvalue weighted by atomic mass is 9.87. The molecule has 0 radical (unpaired) electrons. The molecule has 21 heavy (non-hydrogen) atoms. The summed E-state index contributed by atoms with van der Waals surface area (Å²) in [5, 5.41) is 3.42. The van der Waals surface area contributed by atoms with Crippen molar-refractivity contribution in [2.75, 3.05) is 14.2 Å². The van der Waals surface area contributed by atoms with Crippen LogP contribution in [0.15, 0.2) is 18.2 Å². The fraction of sp³-hybridized carbons (Fsp3) is 0.667. The predicted octanol–water partition coefficient (Wildman–Crippen LogP) is 3.62. The molecule has 0 saturated heterocycles. The van der Waals surface area contributed by atoms with Gasteiger partial charge >= 0.3 is 0 Å². The van der Waals surface area contributed by atoms with Crippen LogP contribution in [0.3, 0.4) is 0 Å². The van der Waals surface area contributed by atoms with Crippen molar-refractivity contribution in [2.24, 2.45) is 0 Å². The zero-order valence-corrected chi connectivity index (χ0v) is 13.2. The summed E-state index contributed by atoms with van der Waals surface area (Å²) in [6, 6.07) is 7.16. The molecule has 0 aromatic heterocycles. The van der Waals surface area contributed by atoms with Crippen LogP contribution in [-0.2, 0) is 11.2 Å². The van der Waals surface area contributed by atoms with Crippen molar-refractivity contribution in [1.82, 2.24) is 5.32 Å². The van der Waals surface area contributed by atoms with E-state index in [2.05, 4.69) is 30.6 Å². The molecule has 1 saturated carbocycles. The Morgan fingerprint density at radius 1 is 1.10 bits per heavy atom. The van der Waals surface area contributed by atoms with Gasteiger partial charge in [-0.3, -0.25) is 0 Å². The highest BCUT2D eigenvalue weighted by atomic mass is 16.5. The maximum absolute atomic E-state index is 6.22. The normalized spacial score (nSPS) is 29.0. The Kier molecular flexibility index (Phi) is 4.81. The number of ether oxygens (including phenoxy) is 2. The highest BCUT2D eigenvalue weighted by molar-refractivity contribution is 5.39. The molecule has 0 spiro atoms. The Hall–Kier alpha value is -1.06. The number of hydrogen-bond acceptors (Lipinski definition) is 3. The second-order valence-electron chi connectivity index (χ2n) is 6.36. The van der Waals surface area contributed by atoms with E-state index in [1.165, 1.54) is 43.2 Å². The monoisotopic (exact) mass is 289 g/mol. The Labute approximate surface area is 128 Å². The van der Waals surface area contributed by atoms with Gasteiger partial charge < -0.3 is 14.8 Å². The lowest BCUT2D eigenvalue weighted by Crippen LogP contribution is -2.29. The summed E-state index contributed by atoms with van der Waals surface area (Å²) in [5.74, 6) is 1.03. The van der Waals surface area contributed by atoms with Crippen molar-refractivity contribution in [1.29, 1.82) is 0 Å². The van der Waals surface area contributed by atoms with Gasteiger partial charge in [-0.15, -0.1) is 0 Å². The summed E-state index contributed by atoms with van der Waals surface area (Å²) in [5.41, 5.74) is 2.91. The van der Waals surface area contributed by atoms with Gasteiger partial charge in [-0.05, 0) is 68.8 Å². The first-order valence-electron chi connectivity index (χ1n) is 8.29. The molecule has 0 aliphatic heterocycles. The molecule has 1 N–H and O–H groups in total. The Morgan fingerprint density at radius 2 is 1.95 bits per heavy atom. The van der Waals surface area contributed by atoms with E-state index in [0.717, 1.165) is 18.6 Å². The van der Waals surface area contributed by atoms with E-state index in [9.17, 15) is 0 Å². The van der Waals surface area contributed by atoms with Crippen molar-refractivity contribution < 1.29 is 9.47 Å². The lowest BCUT2D eigenvalue weighted by molar-refractivity contribution is 0.0209. The number of aryl methyl sites for hydroxylation is 1. The van der Waals surface area contributed by atoms with Gasteiger partial charge in [0, 0.05) is 19.6 Å².